The lowest BCUT2D eigenvalue weighted by Crippen LogP contribution is -2.41. The predicted molar refractivity (Wildman–Crippen MR) is 138 cm³/mol. The highest BCUT2D eigenvalue weighted by Gasteiger charge is 2.29. The monoisotopic (exact) mass is 533 g/mol. The summed E-state index contributed by atoms with van der Waals surface area (Å²) in [4.78, 5) is 19.6. The Morgan fingerprint density at radius 3 is 2.37 bits per heavy atom. The molecular weight excluding hydrogens is 506 g/mol. The van der Waals surface area contributed by atoms with Crippen LogP contribution in [0.25, 0.3) is 10.2 Å². The summed E-state index contributed by atoms with van der Waals surface area (Å²) in [5.41, 5.74) is 1.25. The molecule has 0 aliphatic carbocycles. The van der Waals surface area contributed by atoms with E-state index >= 15 is 0 Å². The Labute approximate surface area is 214 Å². The fourth-order valence-corrected chi connectivity index (χ4v) is 7.24. The van der Waals surface area contributed by atoms with Crippen molar-refractivity contribution in [2.45, 2.75) is 43.6 Å². The first kappa shape index (κ1) is 24.5. The van der Waals surface area contributed by atoms with E-state index in [2.05, 4.69) is 11.9 Å². The van der Waals surface area contributed by atoms with Crippen molar-refractivity contribution in [2.24, 2.45) is 5.92 Å². The van der Waals surface area contributed by atoms with Crippen LogP contribution in [0, 0.1) is 5.92 Å². The summed E-state index contributed by atoms with van der Waals surface area (Å²) in [5, 5.41) is 1.20. The van der Waals surface area contributed by atoms with Gasteiger partial charge in [-0.25, -0.2) is 13.4 Å². The van der Waals surface area contributed by atoms with Crippen LogP contribution in [0.4, 0.5) is 0 Å². The number of hydrogen-bond acceptors (Lipinski definition) is 6. The van der Waals surface area contributed by atoms with Gasteiger partial charge in [0.05, 0.1) is 14.6 Å². The smallest absolute Gasteiger partial charge is 0.274 e. The number of rotatable bonds is 5. The van der Waals surface area contributed by atoms with Crippen LogP contribution in [0.15, 0.2) is 47.4 Å². The first-order valence-corrected chi connectivity index (χ1v) is 14.6. The highest BCUT2D eigenvalue weighted by molar-refractivity contribution is 7.89. The van der Waals surface area contributed by atoms with Crippen molar-refractivity contribution in [3.63, 3.8) is 0 Å². The number of ether oxygens (including phenoxy) is 1. The van der Waals surface area contributed by atoms with Crippen LogP contribution in [-0.2, 0) is 10.0 Å². The Balaban J connectivity index is 1.18. The van der Waals surface area contributed by atoms with Crippen LogP contribution in [0.2, 0.25) is 5.02 Å². The average molecular weight is 534 g/mol. The van der Waals surface area contributed by atoms with Gasteiger partial charge in [-0.1, -0.05) is 35.9 Å². The maximum atomic E-state index is 13.0. The molecule has 186 valence electrons. The minimum absolute atomic E-state index is 0.0156. The van der Waals surface area contributed by atoms with Crippen LogP contribution < -0.4 is 4.74 Å². The minimum atomic E-state index is -3.52. The van der Waals surface area contributed by atoms with Crippen molar-refractivity contribution in [3.05, 3.63) is 53.1 Å². The lowest BCUT2D eigenvalue weighted by Gasteiger charge is -2.31. The third kappa shape index (κ3) is 5.18. The molecule has 0 radical (unpaired) electrons. The van der Waals surface area contributed by atoms with Gasteiger partial charge >= 0.3 is 0 Å². The molecule has 2 saturated heterocycles. The molecule has 5 rings (SSSR count). The molecule has 0 atom stereocenters. The summed E-state index contributed by atoms with van der Waals surface area (Å²) in [6.45, 7) is 4.38. The van der Waals surface area contributed by atoms with E-state index in [4.69, 9.17) is 16.3 Å². The molecule has 10 heteroatoms. The number of aromatic nitrogens is 1. The first-order chi connectivity index (χ1) is 16.8. The van der Waals surface area contributed by atoms with Crippen LogP contribution in [0.1, 0.15) is 43.0 Å². The van der Waals surface area contributed by atoms with E-state index in [-0.39, 0.29) is 16.9 Å². The molecular formula is C25H28ClN3O4S2. The maximum Gasteiger partial charge on any atom is 0.274 e. The van der Waals surface area contributed by atoms with Gasteiger partial charge in [-0.05, 0) is 55.2 Å². The van der Waals surface area contributed by atoms with Gasteiger partial charge in [0.2, 0.25) is 10.0 Å². The molecule has 0 N–H and O–H groups in total. The summed E-state index contributed by atoms with van der Waals surface area (Å²) >= 11 is 7.69. The fourth-order valence-electron chi connectivity index (χ4n) is 4.59. The molecule has 0 bridgehead atoms. The van der Waals surface area contributed by atoms with Gasteiger partial charge in [-0.2, -0.15) is 4.31 Å². The van der Waals surface area contributed by atoms with Gasteiger partial charge in [-0.3, -0.25) is 4.79 Å². The molecule has 0 saturated carbocycles. The standard InChI is InChI=1S/C25H28ClN3O4S2/c1-17-9-15-29(16-10-17)35(31,32)20-7-5-18(6-8-20)24(30)28-13-11-19(12-14-28)33-25-27-23-21(26)3-2-4-22(23)34-25/h2-8,17,19H,9-16H2,1H3. The van der Waals surface area contributed by atoms with E-state index in [0.717, 1.165) is 23.1 Å². The summed E-state index contributed by atoms with van der Waals surface area (Å²) in [6, 6.07) is 12.0. The van der Waals surface area contributed by atoms with E-state index in [1.165, 1.54) is 11.3 Å². The number of carbonyl (C=O) groups excluding carboxylic acids is 1. The van der Waals surface area contributed by atoms with Gasteiger partial charge in [0.15, 0.2) is 0 Å². The Bertz CT molecular complexity index is 1310. The van der Waals surface area contributed by atoms with Crippen molar-refractivity contribution in [2.75, 3.05) is 26.2 Å². The van der Waals surface area contributed by atoms with Crippen LogP contribution in [-0.4, -0.2) is 60.8 Å². The van der Waals surface area contributed by atoms with Crippen LogP contribution >= 0.6 is 22.9 Å². The number of benzene rings is 2. The third-order valence-corrected chi connectivity index (χ3v) is 9.96. The van der Waals surface area contributed by atoms with Crippen molar-refractivity contribution >= 4 is 49.1 Å². The average Bonchev–Trinajstić information content (AvgIpc) is 3.28. The number of para-hydroxylation sites is 1. The normalized spacial score (nSPS) is 18.7. The van der Waals surface area contributed by atoms with Gasteiger partial charge < -0.3 is 9.64 Å². The maximum absolute atomic E-state index is 13.0. The lowest BCUT2D eigenvalue weighted by atomic mass is 10.0. The molecule has 2 fully saturated rings. The number of halogens is 1. The topological polar surface area (TPSA) is 79.8 Å². The highest BCUT2D eigenvalue weighted by Crippen LogP contribution is 2.33. The summed E-state index contributed by atoms with van der Waals surface area (Å²) in [5.74, 6) is 0.460. The lowest BCUT2D eigenvalue weighted by molar-refractivity contribution is 0.0595. The van der Waals surface area contributed by atoms with Crippen molar-refractivity contribution < 1.29 is 17.9 Å². The number of piperidine rings is 2. The van der Waals surface area contributed by atoms with Gasteiger partial charge in [0.1, 0.15) is 11.6 Å². The van der Waals surface area contributed by atoms with E-state index in [1.54, 1.807) is 33.5 Å². The fraction of sp³-hybridized carbons (Fsp3) is 0.440. The summed E-state index contributed by atoms with van der Waals surface area (Å²) < 4.78 is 34.5. The molecule has 2 aliphatic heterocycles. The number of fused-ring (bicyclic) bond motifs is 1. The second kappa shape index (κ2) is 10.0. The van der Waals surface area contributed by atoms with Crippen molar-refractivity contribution in [1.29, 1.82) is 0 Å². The van der Waals surface area contributed by atoms with E-state index in [1.807, 2.05) is 18.2 Å². The van der Waals surface area contributed by atoms with Crippen molar-refractivity contribution in [3.8, 4) is 5.19 Å². The van der Waals surface area contributed by atoms with Crippen molar-refractivity contribution in [1.82, 2.24) is 14.2 Å². The minimum Gasteiger partial charge on any atom is -0.467 e. The molecule has 0 spiro atoms. The predicted octanol–water partition coefficient (Wildman–Crippen LogP) is 5.05. The highest BCUT2D eigenvalue weighted by atomic mass is 35.5. The summed E-state index contributed by atoms with van der Waals surface area (Å²) in [6.07, 6.45) is 3.15. The number of carbonyl (C=O) groups is 1. The van der Waals surface area contributed by atoms with E-state index < -0.39 is 10.0 Å². The second-order valence-electron chi connectivity index (χ2n) is 9.29. The SMILES string of the molecule is CC1CCN(S(=O)(=O)c2ccc(C(=O)N3CCC(Oc4nc5c(Cl)cccc5s4)CC3)cc2)CC1. The first-order valence-electron chi connectivity index (χ1n) is 11.9. The molecule has 0 unspecified atom stereocenters. The number of hydrogen-bond donors (Lipinski definition) is 0. The molecule has 2 aromatic carbocycles. The zero-order valence-corrected chi connectivity index (χ0v) is 21.9. The quantitative estimate of drug-likeness (QED) is 0.458. The molecule has 35 heavy (non-hydrogen) atoms. The number of thiazole rings is 1. The Morgan fingerprint density at radius 2 is 1.71 bits per heavy atom. The molecule has 1 aromatic heterocycles. The molecule has 7 nitrogen and oxygen atoms in total. The van der Waals surface area contributed by atoms with Gasteiger partial charge in [-0.15, -0.1) is 0 Å². The third-order valence-electron chi connectivity index (χ3n) is 6.83. The molecule has 1 amide bonds. The molecule has 3 heterocycles. The van der Waals surface area contributed by atoms with Gasteiger partial charge in [0, 0.05) is 44.6 Å². The number of sulfonamides is 1. The van der Waals surface area contributed by atoms with E-state index in [9.17, 15) is 13.2 Å². The zero-order valence-electron chi connectivity index (χ0n) is 19.5. The molecule has 2 aliphatic rings. The number of nitrogens with zero attached hydrogens (tertiary/aromatic N) is 3. The Morgan fingerprint density at radius 1 is 1.03 bits per heavy atom. The van der Waals surface area contributed by atoms with E-state index in [0.29, 0.717) is 60.7 Å². The Hall–Kier alpha value is -2.20. The number of amides is 1. The summed E-state index contributed by atoms with van der Waals surface area (Å²) in [7, 11) is -3.52. The van der Waals surface area contributed by atoms with Gasteiger partial charge in [0.25, 0.3) is 11.1 Å². The zero-order chi connectivity index (χ0) is 24.6. The van der Waals surface area contributed by atoms with Crippen LogP contribution in [0.3, 0.4) is 0 Å². The van der Waals surface area contributed by atoms with Crippen LogP contribution in [0.5, 0.6) is 5.19 Å². The number of likely N-dealkylation sites (tertiary alicyclic amines) is 1. The second-order valence-corrected chi connectivity index (χ2v) is 12.6. The molecule has 3 aromatic rings. The largest absolute Gasteiger partial charge is 0.467 e. The Kier molecular flexibility index (Phi) is 7.03.